The minimum Gasteiger partial charge on any atom is -0.476 e. The van der Waals surface area contributed by atoms with Crippen LogP contribution in [0, 0.1) is 0 Å². The van der Waals surface area contributed by atoms with Crippen LogP contribution in [0.2, 0.25) is 15.2 Å². The molecule has 94 valence electrons. The minimum absolute atomic E-state index is 0.00981. The van der Waals surface area contributed by atoms with E-state index in [-0.39, 0.29) is 20.9 Å². The molecule has 7 heteroatoms. The zero-order valence-corrected chi connectivity index (χ0v) is 11.6. The van der Waals surface area contributed by atoms with Gasteiger partial charge in [0.05, 0.1) is 10.7 Å². The lowest BCUT2D eigenvalue weighted by molar-refractivity contribution is 0.0691. The van der Waals surface area contributed by atoms with Gasteiger partial charge < -0.3 is 10.0 Å². The topological polar surface area (TPSA) is 53.4 Å². The molecule has 0 radical (unpaired) electrons. The normalized spacial score (nSPS) is 10.4. The zero-order chi connectivity index (χ0) is 13.2. The Hall–Kier alpha value is -0.710. The van der Waals surface area contributed by atoms with Gasteiger partial charge in [-0.25, -0.2) is 9.78 Å². The summed E-state index contributed by atoms with van der Waals surface area (Å²) < 4.78 is 0. The van der Waals surface area contributed by atoms with E-state index in [9.17, 15) is 4.79 Å². The summed E-state index contributed by atoms with van der Waals surface area (Å²) in [7, 11) is 0. The first-order valence-electron chi connectivity index (χ1n) is 4.96. The molecule has 4 nitrogen and oxygen atoms in total. The molecule has 0 aromatic carbocycles. The van der Waals surface area contributed by atoms with Crippen LogP contribution < -0.4 is 4.90 Å². The molecular weight excluding hydrogens is 286 g/mol. The molecule has 0 aliphatic heterocycles. The van der Waals surface area contributed by atoms with Gasteiger partial charge in [0.25, 0.3) is 0 Å². The van der Waals surface area contributed by atoms with Gasteiger partial charge in [-0.15, -0.1) is 0 Å². The highest BCUT2D eigenvalue weighted by molar-refractivity contribution is 6.46. The lowest BCUT2D eigenvalue weighted by Gasteiger charge is -2.24. The molecule has 1 heterocycles. The first-order chi connectivity index (χ1) is 7.93. The fraction of sp³-hybridized carbons (Fsp3) is 0.400. The van der Waals surface area contributed by atoms with Gasteiger partial charge in [-0.3, -0.25) is 0 Å². The van der Waals surface area contributed by atoms with Crippen LogP contribution in [0.25, 0.3) is 0 Å². The molecule has 1 N–H and O–H groups in total. The summed E-state index contributed by atoms with van der Waals surface area (Å²) >= 11 is 17.8. The van der Waals surface area contributed by atoms with Crippen LogP contribution in [-0.4, -0.2) is 29.1 Å². The van der Waals surface area contributed by atoms with Gasteiger partial charge in [0, 0.05) is 13.1 Å². The molecule has 0 aliphatic rings. The summed E-state index contributed by atoms with van der Waals surface area (Å²) in [6.07, 6.45) is 0. The molecule has 0 fully saturated rings. The lowest BCUT2D eigenvalue weighted by Crippen LogP contribution is -2.23. The molecule has 0 saturated heterocycles. The molecule has 0 atom stereocenters. The average Bonchev–Trinajstić information content (AvgIpc) is 2.28. The monoisotopic (exact) mass is 296 g/mol. The number of halogens is 3. The van der Waals surface area contributed by atoms with E-state index in [0.29, 0.717) is 18.8 Å². The fourth-order valence-corrected chi connectivity index (χ4v) is 2.28. The van der Waals surface area contributed by atoms with E-state index in [1.807, 2.05) is 18.7 Å². The van der Waals surface area contributed by atoms with Crippen LogP contribution in [-0.2, 0) is 0 Å². The molecule has 0 unspecified atom stereocenters. The van der Waals surface area contributed by atoms with Crippen LogP contribution in [0.1, 0.15) is 24.3 Å². The highest BCUT2D eigenvalue weighted by atomic mass is 35.5. The van der Waals surface area contributed by atoms with Crippen molar-refractivity contribution in [2.24, 2.45) is 0 Å². The molecule has 17 heavy (non-hydrogen) atoms. The molecule has 0 aliphatic carbocycles. The van der Waals surface area contributed by atoms with E-state index >= 15 is 0 Å². The number of anilines is 1. The number of hydrogen-bond acceptors (Lipinski definition) is 3. The maximum atomic E-state index is 11.0. The first-order valence-corrected chi connectivity index (χ1v) is 6.10. The minimum atomic E-state index is -1.23. The average molecular weight is 298 g/mol. The Kier molecular flexibility index (Phi) is 4.86. The van der Waals surface area contributed by atoms with Crippen molar-refractivity contribution < 1.29 is 9.90 Å². The maximum absolute atomic E-state index is 11.0. The van der Waals surface area contributed by atoms with E-state index in [1.165, 1.54) is 0 Å². The second kappa shape index (κ2) is 5.76. The van der Waals surface area contributed by atoms with Crippen molar-refractivity contribution in [2.45, 2.75) is 13.8 Å². The summed E-state index contributed by atoms with van der Waals surface area (Å²) in [5.74, 6) is -1.23. The summed E-state index contributed by atoms with van der Waals surface area (Å²) in [4.78, 5) is 16.5. The predicted octanol–water partition coefficient (Wildman–Crippen LogP) is 3.59. The summed E-state index contributed by atoms with van der Waals surface area (Å²) in [5.41, 5.74) is 0.124. The highest BCUT2D eigenvalue weighted by Crippen LogP contribution is 2.39. The van der Waals surface area contributed by atoms with Gasteiger partial charge in [0.2, 0.25) is 0 Å². The second-order valence-corrected chi connectivity index (χ2v) is 4.32. The SMILES string of the molecule is CCN(CC)c1c(Cl)c(Cl)nc(C(=O)O)c1Cl. The van der Waals surface area contributed by atoms with Crippen molar-refractivity contribution in [3.63, 3.8) is 0 Å². The summed E-state index contributed by atoms with van der Waals surface area (Å²) in [6, 6.07) is 0. The highest BCUT2D eigenvalue weighted by Gasteiger charge is 2.23. The Bertz CT molecular complexity index is 448. The van der Waals surface area contributed by atoms with Gasteiger partial charge in [0.1, 0.15) is 5.02 Å². The Balaban J connectivity index is 3.51. The third-order valence-corrected chi connectivity index (χ3v) is 3.38. The molecule has 1 aromatic rings. The number of hydrogen-bond donors (Lipinski definition) is 1. The van der Waals surface area contributed by atoms with Gasteiger partial charge in [-0.2, -0.15) is 0 Å². The maximum Gasteiger partial charge on any atom is 0.356 e. The molecule has 0 spiro atoms. The van der Waals surface area contributed by atoms with Crippen molar-refractivity contribution in [1.29, 1.82) is 0 Å². The Morgan fingerprint density at radius 1 is 1.24 bits per heavy atom. The smallest absolute Gasteiger partial charge is 0.356 e. The van der Waals surface area contributed by atoms with Gasteiger partial charge in [-0.05, 0) is 13.8 Å². The molecule has 1 aromatic heterocycles. The third kappa shape index (κ3) is 2.76. The predicted molar refractivity (Wildman–Crippen MR) is 69.8 cm³/mol. The van der Waals surface area contributed by atoms with E-state index in [1.54, 1.807) is 0 Å². The van der Waals surface area contributed by atoms with Crippen molar-refractivity contribution in [3.05, 3.63) is 20.9 Å². The number of carboxylic acid groups (broad SMARTS) is 1. The van der Waals surface area contributed by atoms with E-state index in [0.717, 1.165) is 0 Å². The quantitative estimate of drug-likeness (QED) is 0.863. The van der Waals surface area contributed by atoms with Crippen LogP contribution in [0.15, 0.2) is 0 Å². The Labute approximate surface area is 114 Å². The number of aromatic carboxylic acids is 1. The number of rotatable bonds is 4. The van der Waals surface area contributed by atoms with Crippen molar-refractivity contribution >= 4 is 46.5 Å². The van der Waals surface area contributed by atoms with Crippen LogP contribution >= 0.6 is 34.8 Å². The number of nitrogens with zero attached hydrogens (tertiary/aromatic N) is 2. The molecule has 1 rings (SSSR count). The van der Waals surface area contributed by atoms with E-state index in [2.05, 4.69) is 4.98 Å². The number of aromatic nitrogens is 1. The molecule has 0 bridgehead atoms. The molecular formula is C10H11Cl3N2O2. The van der Waals surface area contributed by atoms with Crippen molar-refractivity contribution in [3.8, 4) is 0 Å². The zero-order valence-electron chi connectivity index (χ0n) is 9.30. The van der Waals surface area contributed by atoms with Crippen LogP contribution in [0.4, 0.5) is 5.69 Å². The summed E-state index contributed by atoms with van der Waals surface area (Å²) in [5, 5.41) is 9.09. The van der Waals surface area contributed by atoms with Crippen molar-refractivity contribution in [2.75, 3.05) is 18.0 Å². The third-order valence-electron chi connectivity index (χ3n) is 2.30. The largest absolute Gasteiger partial charge is 0.476 e. The lowest BCUT2D eigenvalue weighted by atomic mass is 10.2. The summed E-state index contributed by atoms with van der Waals surface area (Å²) in [6.45, 7) is 5.08. The van der Waals surface area contributed by atoms with Gasteiger partial charge in [0.15, 0.2) is 10.8 Å². The van der Waals surface area contributed by atoms with E-state index < -0.39 is 5.97 Å². The Morgan fingerprint density at radius 3 is 2.18 bits per heavy atom. The standard InChI is InChI=1S/C10H11Cl3N2O2/c1-3-15(4-2)8-5(11)7(10(16)17)14-9(13)6(8)12/h3-4H2,1-2H3,(H,16,17). The number of carbonyl (C=O) groups is 1. The van der Waals surface area contributed by atoms with Gasteiger partial charge >= 0.3 is 5.97 Å². The number of carboxylic acids is 1. The molecule has 0 amide bonds. The fourth-order valence-electron chi connectivity index (χ4n) is 1.46. The van der Waals surface area contributed by atoms with E-state index in [4.69, 9.17) is 39.9 Å². The molecule has 0 saturated carbocycles. The van der Waals surface area contributed by atoms with Crippen molar-refractivity contribution in [1.82, 2.24) is 4.98 Å². The Morgan fingerprint density at radius 2 is 1.76 bits per heavy atom. The first kappa shape index (κ1) is 14.4. The van der Waals surface area contributed by atoms with Gasteiger partial charge in [-0.1, -0.05) is 34.8 Å². The van der Waals surface area contributed by atoms with Crippen LogP contribution in [0.5, 0.6) is 0 Å². The second-order valence-electron chi connectivity index (χ2n) is 3.21. The number of pyridine rings is 1. The van der Waals surface area contributed by atoms with Crippen LogP contribution in [0.3, 0.4) is 0 Å².